The maximum Gasteiger partial charge on any atom is 0.229 e. The molecule has 4 rings (SSSR count). The third-order valence-electron chi connectivity index (χ3n) is 5.10. The summed E-state index contributed by atoms with van der Waals surface area (Å²) in [5.41, 5.74) is 0.893. The summed E-state index contributed by atoms with van der Waals surface area (Å²) < 4.78 is 34.9. The maximum atomic E-state index is 11.0. The van der Waals surface area contributed by atoms with Crippen molar-refractivity contribution < 1.29 is 33.5 Å². The van der Waals surface area contributed by atoms with Gasteiger partial charge in [0.05, 0.1) is 20.3 Å². The van der Waals surface area contributed by atoms with Gasteiger partial charge in [0, 0.05) is 5.56 Å². The number of aliphatic hydroxyl groups is 1. The van der Waals surface area contributed by atoms with E-state index in [4.69, 9.17) is 28.4 Å². The molecule has 0 radical (unpaired) electrons. The lowest BCUT2D eigenvalue weighted by Gasteiger charge is -2.47. The van der Waals surface area contributed by atoms with Crippen molar-refractivity contribution in [2.45, 2.75) is 37.0 Å². The Balaban J connectivity index is 1.50. The summed E-state index contributed by atoms with van der Waals surface area (Å²) in [6.07, 6.45) is -2.57. The normalized spacial score (nSPS) is 30.9. The summed E-state index contributed by atoms with van der Waals surface area (Å²) in [5.74, 6) is 1.25. The van der Waals surface area contributed by atoms with Crippen LogP contribution >= 0.6 is 0 Å². The average Bonchev–Trinajstić information content (AvgIpc) is 2.80. The zero-order chi connectivity index (χ0) is 20.9. The minimum Gasteiger partial charge on any atom is -0.497 e. The first-order valence-electron chi connectivity index (χ1n) is 9.88. The Morgan fingerprint density at radius 3 is 2.50 bits per heavy atom. The van der Waals surface area contributed by atoms with Gasteiger partial charge in [0.15, 0.2) is 6.29 Å². The van der Waals surface area contributed by atoms with Crippen LogP contribution in [0.1, 0.15) is 11.9 Å². The number of hydrogen-bond acceptors (Lipinski definition) is 7. The van der Waals surface area contributed by atoms with Crippen molar-refractivity contribution >= 4 is 0 Å². The van der Waals surface area contributed by atoms with Crippen molar-refractivity contribution in [1.29, 1.82) is 0 Å². The fourth-order valence-corrected chi connectivity index (χ4v) is 3.60. The summed E-state index contributed by atoms with van der Waals surface area (Å²) in [7, 11) is 1.59. The minimum absolute atomic E-state index is 0.264. The Morgan fingerprint density at radius 1 is 1.07 bits per heavy atom. The lowest BCUT2D eigenvalue weighted by molar-refractivity contribution is -0.354. The van der Waals surface area contributed by atoms with Crippen LogP contribution in [0.4, 0.5) is 0 Å². The molecule has 2 saturated heterocycles. The second-order valence-corrected chi connectivity index (χ2v) is 7.09. The molecule has 0 aromatic heterocycles. The summed E-state index contributed by atoms with van der Waals surface area (Å²) in [4.78, 5) is 0. The second kappa shape index (κ2) is 9.59. The number of methoxy groups -OCH3 is 1. The van der Waals surface area contributed by atoms with Gasteiger partial charge in [-0.15, -0.1) is 6.58 Å². The standard InChI is InChI=1S/C23H26O7/c1-3-13-26-21-19(24)23(28-17-11-9-16(25-2)10-12-17)29-18-14-27-22(30-20(18)21)15-7-5-4-6-8-15/h3-12,18-24H,1,13-14H2,2H3/t18-,19-,20+,21-,22?,23-/m1/s1. The predicted octanol–water partition coefficient (Wildman–Crippen LogP) is 2.85. The number of hydrogen-bond donors (Lipinski definition) is 1. The molecule has 2 aromatic rings. The molecule has 1 N–H and O–H groups in total. The third-order valence-corrected chi connectivity index (χ3v) is 5.10. The molecule has 6 atom stereocenters. The highest BCUT2D eigenvalue weighted by Crippen LogP contribution is 2.36. The van der Waals surface area contributed by atoms with Gasteiger partial charge < -0.3 is 33.5 Å². The summed E-state index contributed by atoms with van der Waals surface area (Å²) in [5, 5.41) is 11.0. The first kappa shape index (κ1) is 20.8. The molecule has 0 spiro atoms. The van der Waals surface area contributed by atoms with E-state index in [9.17, 15) is 5.11 Å². The summed E-state index contributed by atoms with van der Waals surface area (Å²) >= 11 is 0. The fraction of sp³-hybridized carbons (Fsp3) is 0.391. The molecule has 30 heavy (non-hydrogen) atoms. The smallest absolute Gasteiger partial charge is 0.229 e. The molecule has 7 heteroatoms. The van der Waals surface area contributed by atoms with Crippen molar-refractivity contribution in [2.75, 3.05) is 20.3 Å². The van der Waals surface area contributed by atoms with Gasteiger partial charge in [0.1, 0.15) is 35.9 Å². The van der Waals surface area contributed by atoms with Crippen LogP contribution in [0.25, 0.3) is 0 Å². The number of rotatable bonds is 7. The monoisotopic (exact) mass is 414 g/mol. The van der Waals surface area contributed by atoms with Gasteiger partial charge in [-0.1, -0.05) is 36.4 Å². The van der Waals surface area contributed by atoms with E-state index in [1.807, 2.05) is 30.3 Å². The predicted molar refractivity (Wildman–Crippen MR) is 108 cm³/mol. The molecule has 2 heterocycles. The first-order valence-corrected chi connectivity index (χ1v) is 9.88. The quantitative estimate of drug-likeness (QED) is 0.698. The van der Waals surface area contributed by atoms with E-state index in [0.29, 0.717) is 11.5 Å². The average molecular weight is 414 g/mol. The van der Waals surface area contributed by atoms with Crippen molar-refractivity contribution in [3.05, 3.63) is 72.8 Å². The van der Waals surface area contributed by atoms with Crippen LogP contribution in [0.5, 0.6) is 11.5 Å². The van der Waals surface area contributed by atoms with Crippen molar-refractivity contribution in [2.24, 2.45) is 0 Å². The Kier molecular flexibility index (Phi) is 6.66. The zero-order valence-corrected chi connectivity index (χ0v) is 16.8. The van der Waals surface area contributed by atoms with Crippen LogP contribution in [-0.4, -0.2) is 56.1 Å². The van der Waals surface area contributed by atoms with Gasteiger partial charge in [-0.25, -0.2) is 0 Å². The van der Waals surface area contributed by atoms with Crippen molar-refractivity contribution in [1.82, 2.24) is 0 Å². The number of aliphatic hydroxyl groups excluding tert-OH is 1. The number of fused-ring (bicyclic) bond motifs is 1. The minimum atomic E-state index is -1.07. The molecule has 2 aliphatic rings. The van der Waals surface area contributed by atoms with Gasteiger partial charge in [-0.3, -0.25) is 0 Å². The highest BCUT2D eigenvalue weighted by molar-refractivity contribution is 5.31. The van der Waals surface area contributed by atoms with Gasteiger partial charge in [-0.05, 0) is 24.3 Å². The van der Waals surface area contributed by atoms with E-state index in [2.05, 4.69) is 6.58 Å². The van der Waals surface area contributed by atoms with Gasteiger partial charge >= 0.3 is 0 Å². The second-order valence-electron chi connectivity index (χ2n) is 7.09. The number of ether oxygens (including phenoxy) is 6. The molecule has 0 aliphatic carbocycles. The Morgan fingerprint density at radius 2 is 1.80 bits per heavy atom. The van der Waals surface area contributed by atoms with Crippen LogP contribution in [0.3, 0.4) is 0 Å². The highest BCUT2D eigenvalue weighted by atomic mass is 16.8. The van der Waals surface area contributed by atoms with E-state index in [1.54, 1.807) is 37.5 Å². The van der Waals surface area contributed by atoms with Crippen LogP contribution < -0.4 is 9.47 Å². The number of benzene rings is 2. The highest BCUT2D eigenvalue weighted by Gasteiger charge is 2.51. The van der Waals surface area contributed by atoms with E-state index in [1.165, 1.54) is 0 Å². The fourth-order valence-electron chi connectivity index (χ4n) is 3.60. The Labute approximate surface area is 175 Å². The molecule has 1 unspecified atom stereocenters. The summed E-state index contributed by atoms with van der Waals surface area (Å²) in [6, 6.07) is 16.7. The van der Waals surface area contributed by atoms with E-state index >= 15 is 0 Å². The van der Waals surface area contributed by atoms with Gasteiger partial charge in [0.25, 0.3) is 0 Å². The SMILES string of the molecule is C=CCO[C@@H]1[C@@H](O)[C@H](Oc2ccc(OC)cc2)O[C@@H]2COC(c3ccccc3)O[C@H]12. The van der Waals surface area contributed by atoms with Crippen LogP contribution in [-0.2, 0) is 18.9 Å². The third kappa shape index (κ3) is 4.50. The van der Waals surface area contributed by atoms with Gasteiger partial charge in [-0.2, -0.15) is 0 Å². The molecule has 7 nitrogen and oxygen atoms in total. The lowest BCUT2D eigenvalue weighted by Crippen LogP contribution is -2.63. The zero-order valence-electron chi connectivity index (χ0n) is 16.8. The molecular weight excluding hydrogens is 388 g/mol. The molecule has 0 amide bonds. The van der Waals surface area contributed by atoms with E-state index in [0.717, 1.165) is 5.56 Å². The van der Waals surface area contributed by atoms with Crippen LogP contribution in [0.2, 0.25) is 0 Å². The van der Waals surface area contributed by atoms with Gasteiger partial charge in [0.2, 0.25) is 6.29 Å². The van der Waals surface area contributed by atoms with E-state index < -0.39 is 37.0 Å². The largest absolute Gasteiger partial charge is 0.497 e. The molecule has 2 aromatic carbocycles. The molecule has 160 valence electrons. The topological polar surface area (TPSA) is 75.6 Å². The molecule has 0 bridgehead atoms. The van der Waals surface area contributed by atoms with Crippen molar-refractivity contribution in [3.8, 4) is 11.5 Å². The van der Waals surface area contributed by atoms with Crippen LogP contribution in [0.15, 0.2) is 67.3 Å². The van der Waals surface area contributed by atoms with Crippen LogP contribution in [0, 0.1) is 0 Å². The summed E-state index contributed by atoms with van der Waals surface area (Å²) in [6.45, 7) is 4.24. The molecule has 2 aliphatic heterocycles. The molecule has 2 fully saturated rings. The molecular formula is C23H26O7. The van der Waals surface area contributed by atoms with Crippen molar-refractivity contribution in [3.63, 3.8) is 0 Å². The molecule has 0 saturated carbocycles. The Bertz CT molecular complexity index is 810. The van der Waals surface area contributed by atoms with E-state index in [-0.39, 0.29) is 13.2 Å². The Hall–Kier alpha value is -2.42. The first-order chi connectivity index (χ1) is 14.7. The maximum absolute atomic E-state index is 11.0. The lowest BCUT2D eigenvalue weighted by atomic mass is 9.97.